The van der Waals surface area contributed by atoms with Crippen LogP contribution < -0.4 is 4.74 Å². The summed E-state index contributed by atoms with van der Waals surface area (Å²) in [6, 6.07) is 7.94. The van der Waals surface area contributed by atoms with Crippen LogP contribution in [-0.4, -0.2) is 42.1 Å². The van der Waals surface area contributed by atoms with Gasteiger partial charge in [-0.1, -0.05) is 19.1 Å². The average Bonchev–Trinajstić information content (AvgIpc) is 3.34. The van der Waals surface area contributed by atoms with Crippen LogP contribution in [0, 0.1) is 11.3 Å². The molecule has 136 valence electrons. The first-order valence-corrected chi connectivity index (χ1v) is 9.13. The predicted octanol–water partition coefficient (Wildman–Crippen LogP) is 3.29. The summed E-state index contributed by atoms with van der Waals surface area (Å²) in [5.74, 6) is 0.355. The van der Waals surface area contributed by atoms with Gasteiger partial charge < -0.3 is 14.7 Å². The molecule has 2 aliphatic rings. The van der Waals surface area contributed by atoms with Crippen LogP contribution in [-0.2, 0) is 9.59 Å². The van der Waals surface area contributed by atoms with E-state index >= 15 is 0 Å². The van der Waals surface area contributed by atoms with Crippen molar-refractivity contribution in [2.45, 2.75) is 44.9 Å². The molecule has 1 aromatic carbocycles. The second-order valence-corrected chi connectivity index (χ2v) is 7.42. The molecule has 2 unspecified atom stereocenters. The Kier molecular flexibility index (Phi) is 5.02. The quantitative estimate of drug-likeness (QED) is 0.859. The number of carbonyl (C=O) groups is 2. The number of nitrogens with zero attached hydrogens (tertiary/aromatic N) is 1. The number of amides is 1. The lowest BCUT2D eigenvalue weighted by Crippen LogP contribution is -2.40. The number of carboxylic acid groups (broad SMARTS) is 1. The number of carbonyl (C=O) groups excluding carboxylic acids is 1. The molecular formula is C20H27NO4. The molecule has 5 nitrogen and oxygen atoms in total. The Balaban J connectivity index is 1.55. The van der Waals surface area contributed by atoms with E-state index < -0.39 is 5.97 Å². The highest BCUT2D eigenvalue weighted by Crippen LogP contribution is 2.59. The van der Waals surface area contributed by atoms with Gasteiger partial charge >= 0.3 is 5.97 Å². The number of ether oxygens (including phenoxy) is 1. The summed E-state index contributed by atoms with van der Waals surface area (Å²) in [7, 11) is 1.65. The molecule has 1 spiro atoms. The number of likely N-dealkylation sites (tertiary alicyclic amines) is 1. The van der Waals surface area contributed by atoms with Crippen LogP contribution >= 0.6 is 0 Å². The lowest BCUT2D eigenvalue weighted by atomic mass is 9.89. The van der Waals surface area contributed by atoms with Gasteiger partial charge in [-0.05, 0) is 54.7 Å². The van der Waals surface area contributed by atoms with Crippen molar-refractivity contribution in [2.75, 3.05) is 20.2 Å². The molecule has 2 fully saturated rings. The van der Waals surface area contributed by atoms with Gasteiger partial charge in [0, 0.05) is 19.5 Å². The summed E-state index contributed by atoms with van der Waals surface area (Å²) in [5.41, 5.74) is 1.14. The number of aliphatic carboxylic acids is 1. The molecule has 5 heteroatoms. The molecule has 2 atom stereocenters. The third-order valence-corrected chi connectivity index (χ3v) is 6.10. The second-order valence-electron chi connectivity index (χ2n) is 7.42. The summed E-state index contributed by atoms with van der Waals surface area (Å²) < 4.78 is 5.19. The van der Waals surface area contributed by atoms with Crippen molar-refractivity contribution in [1.29, 1.82) is 0 Å². The van der Waals surface area contributed by atoms with Crippen LogP contribution in [0.3, 0.4) is 0 Å². The Labute approximate surface area is 149 Å². The SMILES string of the molecule is CCC(CC(=O)N1CCC2(CC1)CC2C(=O)O)c1ccc(OC)cc1. The van der Waals surface area contributed by atoms with Crippen LogP contribution in [0.1, 0.15) is 50.5 Å². The van der Waals surface area contributed by atoms with Gasteiger partial charge in [0.2, 0.25) is 5.91 Å². The third kappa shape index (κ3) is 3.65. The summed E-state index contributed by atoms with van der Waals surface area (Å²) >= 11 is 0. The molecule has 1 aromatic rings. The minimum atomic E-state index is -0.676. The molecule has 0 aromatic heterocycles. The number of methoxy groups -OCH3 is 1. The van der Waals surface area contributed by atoms with Crippen molar-refractivity contribution < 1.29 is 19.4 Å². The number of hydrogen-bond donors (Lipinski definition) is 1. The Bertz CT molecular complexity index is 632. The largest absolute Gasteiger partial charge is 0.497 e. The lowest BCUT2D eigenvalue weighted by Gasteiger charge is -2.33. The Morgan fingerprint density at radius 1 is 1.28 bits per heavy atom. The number of benzene rings is 1. The molecule has 1 saturated heterocycles. The molecule has 3 rings (SSSR count). The van der Waals surface area contributed by atoms with Crippen molar-refractivity contribution in [2.24, 2.45) is 11.3 Å². The van der Waals surface area contributed by atoms with Crippen molar-refractivity contribution in [3.63, 3.8) is 0 Å². The molecule has 1 amide bonds. The van der Waals surface area contributed by atoms with Gasteiger partial charge in [0.05, 0.1) is 13.0 Å². The van der Waals surface area contributed by atoms with Gasteiger partial charge in [-0.3, -0.25) is 9.59 Å². The zero-order valence-corrected chi connectivity index (χ0v) is 15.0. The normalized spacial score (nSPS) is 22.5. The van der Waals surface area contributed by atoms with Crippen molar-refractivity contribution in [1.82, 2.24) is 4.90 Å². The highest BCUT2D eigenvalue weighted by Gasteiger charge is 2.59. The molecule has 0 bridgehead atoms. The maximum Gasteiger partial charge on any atom is 0.307 e. The zero-order valence-electron chi connectivity index (χ0n) is 15.0. The summed E-state index contributed by atoms with van der Waals surface area (Å²) in [6.07, 6.45) is 3.87. The minimum absolute atomic E-state index is 0.0250. The predicted molar refractivity (Wildman–Crippen MR) is 94.6 cm³/mol. The summed E-state index contributed by atoms with van der Waals surface area (Å²) in [4.78, 5) is 25.8. The summed E-state index contributed by atoms with van der Waals surface area (Å²) in [5, 5.41) is 9.17. The number of piperidine rings is 1. The highest BCUT2D eigenvalue weighted by molar-refractivity contribution is 5.78. The van der Waals surface area contributed by atoms with Crippen LogP contribution in [0.4, 0.5) is 0 Å². The standard InChI is InChI=1S/C20H27NO4/c1-3-14(15-4-6-16(25-2)7-5-15)12-18(22)21-10-8-20(9-11-21)13-17(20)19(23)24/h4-7,14,17H,3,8-13H2,1-2H3,(H,23,24). The van der Waals surface area contributed by atoms with E-state index in [1.165, 1.54) is 5.56 Å². The topological polar surface area (TPSA) is 66.8 Å². The number of rotatable bonds is 6. The van der Waals surface area contributed by atoms with E-state index in [9.17, 15) is 14.7 Å². The van der Waals surface area contributed by atoms with E-state index in [4.69, 9.17) is 4.74 Å². The Morgan fingerprint density at radius 2 is 1.92 bits per heavy atom. The molecule has 1 aliphatic carbocycles. The molecule has 0 radical (unpaired) electrons. The van der Waals surface area contributed by atoms with Gasteiger partial charge in [-0.2, -0.15) is 0 Å². The van der Waals surface area contributed by atoms with Gasteiger partial charge in [0.15, 0.2) is 0 Å². The fourth-order valence-electron chi connectivity index (χ4n) is 4.16. The van der Waals surface area contributed by atoms with E-state index in [1.807, 2.05) is 29.2 Å². The Morgan fingerprint density at radius 3 is 2.40 bits per heavy atom. The van der Waals surface area contributed by atoms with Crippen LogP contribution in [0.5, 0.6) is 5.75 Å². The van der Waals surface area contributed by atoms with Gasteiger partial charge in [-0.15, -0.1) is 0 Å². The van der Waals surface area contributed by atoms with Crippen LogP contribution in [0.25, 0.3) is 0 Å². The minimum Gasteiger partial charge on any atom is -0.497 e. The third-order valence-electron chi connectivity index (χ3n) is 6.10. The number of carboxylic acids is 1. The first-order valence-electron chi connectivity index (χ1n) is 9.13. The van der Waals surface area contributed by atoms with Gasteiger partial charge in [0.1, 0.15) is 5.75 Å². The van der Waals surface area contributed by atoms with Crippen molar-refractivity contribution >= 4 is 11.9 Å². The maximum atomic E-state index is 12.7. The molecular weight excluding hydrogens is 318 g/mol. The summed E-state index contributed by atoms with van der Waals surface area (Å²) in [6.45, 7) is 3.50. The first-order chi connectivity index (χ1) is 12.0. The number of hydrogen-bond acceptors (Lipinski definition) is 3. The van der Waals surface area contributed by atoms with Crippen LogP contribution in [0.15, 0.2) is 24.3 Å². The van der Waals surface area contributed by atoms with E-state index in [1.54, 1.807) is 7.11 Å². The molecule has 1 saturated carbocycles. The molecule has 1 heterocycles. The second kappa shape index (κ2) is 7.06. The van der Waals surface area contributed by atoms with Gasteiger partial charge in [0.25, 0.3) is 0 Å². The van der Waals surface area contributed by atoms with Gasteiger partial charge in [-0.25, -0.2) is 0 Å². The molecule has 1 N–H and O–H groups in total. The first kappa shape index (κ1) is 17.8. The highest BCUT2D eigenvalue weighted by atomic mass is 16.5. The molecule has 25 heavy (non-hydrogen) atoms. The van der Waals surface area contributed by atoms with Crippen LogP contribution in [0.2, 0.25) is 0 Å². The zero-order chi connectivity index (χ0) is 18.0. The van der Waals surface area contributed by atoms with E-state index in [0.717, 1.165) is 31.4 Å². The van der Waals surface area contributed by atoms with E-state index in [2.05, 4.69) is 6.92 Å². The van der Waals surface area contributed by atoms with Crippen molar-refractivity contribution in [3.8, 4) is 5.75 Å². The fourth-order valence-corrected chi connectivity index (χ4v) is 4.16. The monoisotopic (exact) mass is 345 g/mol. The molecule has 1 aliphatic heterocycles. The fraction of sp³-hybridized carbons (Fsp3) is 0.600. The van der Waals surface area contributed by atoms with Crippen molar-refractivity contribution in [3.05, 3.63) is 29.8 Å². The van der Waals surface area contributed by atoms with E-state index in [-0.39, 0.29) is 23.2 Å². The average molecular weight is 345 g/mol. The Hall–Kier alpha value is -2.04. The van der Waals surface area contributed by atoms with E-state index in [0.29, 0.717) is 19.5 Å². The smallest absolute Gasteiger partial charge is 0.307 e. The lowest BCUT2D eigenvalue weighted by molar-refractivity contribution is -0.139. The maximum absolute atomic E-state index is 12.7.